The first-order valence-electron chi connectivity index (χ1n) is 6.99. The Balaban J connectivity index is 1.80. The van der Waals surface area contributed by atoms with Crippen molar-refractivity contribution in [3.63, 3.8) is 0 Å². The molecule has 2 aromatic heterocycles. The molecule has 0 atom stereocenters. The van der Waals surface area contributed by atoms with E-state index in [0.29, 0.717) is 10.6 Å². The van der Waals surface area contributed by atoms with Gasteiger partial charge in [-0.2, -0.15) is 5.26 Å². The molecule has 3 aromatic rings. The zero-order valence-electron chi connectivity index (χ0n) is 11.7. The molecule has 0 saturated heterocycles. The number of rotatable bonds is 1. The molecule has 0 fully saturated rings. The van der Waals surface area contributed by atoms with Crippen molar-refractivity contribution in [3.8, 4) is 6.07 Å². The SMILES string of the molecule is N#Cc1cc(N2CCn3cncc3C2)nc2ccc(Cl)cc12. The average molecular weight is 310 g/mol. The van der Waals surface area contributed by atoms with Crippen LogP contribution in [0.1, 0.15) is 11.3 Å². The predicted molar refractivity (Wildman–Crippen MR) is 84.7 cm³/mol. The van der Waals surface area contributed by atoms with E-state index in [1.54, 1.807) is 12.1 Å². The maximum atomic E-state index is 9.42. The van der Waals surface area contributed by atoms with Crippen LogP contribution in [0.15, 0.2) is 36.8 Å². The largest absolute Gasteiger partial charge is 0.349 e. The van der Waals surface area contributed by atoms with Crippen molar-refractivity contribution >= 4 is 28.3 Å². The molecule has 108 valence electrons. The monoisotopic (exact) mass is 309 g/mol. The molecular formula is C16H12ClN5. The zero-order chi connectivity index (χ0) is 15.1. The molecule has 1 aromatic carbocycles. The van der Waals surface area contributed by atoms with E-state index >= 15 is 0 Å². The molecule has 0 aliphatic carbocycles. The van der Waals surface area contributed by atoms with Crippen molar-refractivity contribution in [3.05, 3.63) is 53.1 Å². The number of hydrogen-bond acceptors (Lipinski definition) is 4. The van der Waals surface area contributed by atoms with Crippen LogP contribution in [-0.4, -0.2) is 21.1 Å². The molecule has 1 aliphatic heterocycles. The minimum Gasteiger partial charge on any atom is -0.349 e. The summed E-state index contributed by atoms with van der Waals surface area (Å²) >= 11 is 6.02. The molecule has 3 heterocycles. The Kier molecular flexibility index (Phi) is 2.98. The number of nitrogens with zero attached hydrogens (tertiary/aromatic N) is 5. The van der Waals surface area contributed by atoms with E-state index < -0.39 is 0 Å². The number of fused-ring (bicyclic) bond motifs is 2. The van der Waals surface area contributed by atoms with E-state index in [2.05, 4.69) is 20.5 Å². The molecular weight excluding hydrogens is 298 g/mol. The number of anilines is 1. The van der Waals surface area contributed by atoms with Crippen molar-refractivity contribution in [2.75, 3.05) is 11.4 Å². The lowest BCUT2D eigenvalue weighted by Gasteiger charge is -2.29. The van der Waals surface area contributed by atoms with E-state index in [1.165, 1.54) is 0 Å². The molecule has 22 heavy (non-hydrogen) atoms. The molecule has 0 saturated carbocycles. The van der Waals surface area contributed by atoms with Gasteiger partial charge in [-0.15, -0.1) is 0 Å². The molecule has 4 rings (SSSR count). The molecule has 5 nitrogen and oxygen atoms in total. The van der Waals surface area contributed by atoms with E-state index in [0.717, 1.165) is 42.0 Å². The van der Waals surface area contributed by atoms with Gasteiger partial charge in [0.25, 0.3) is 0 Å². The highest BCUT2D eigenvalue weighted by molar-refractivity contribution is 6.31. The number of hydrogen-bond donors (Lipinski definition) is 0. The van der Waals surface area contributed by atoms with Crippen molar-refractivity contribution in [2.24, 2.45) is 0 Å². The van der Waals surface area contributed by atoms with Crippen LogP contribution in [0.25, 0.3) is 10.9 Å². The number of nitriles is 1. The number of imidazole rings is 1. The lowest BCUT2D eigenvalue weighted by atomic mass is 10.1. The number of aromatic nitrogens is 3. The van der Waals surface area contributed by atoms with Gasteiger partial charge in [-0.3, -0.25) is 0 Å². The first kappa shape index (κ1) is 13.1. The van der Waals surface area contributed by atoms with Gasteiger partial charge >= 0.3 is 0 Å². The maximum Gasteiger partial charge on any atom is 0.130 e. The first-order valence-corrected chi connectivity index (χ1v) is 7.37. The summed E-state index contributed by atoms with van der Waals surface area (Å²) in [4.78, 5) is 11.0. The van der Waals surface area contributed by atoms with Gasteiger partial charge in [0.15, 0.2) is 0 Å². The number of benzene rings is 1. The Labute approximate surface area is 132 Å². The topological polar surface area (TPSA) is 57.7 Å². The minimum absolute atomic E-state index is 0.599. The highest BCUT2D eigenvalue weighted by Crippen LogP contribution is 2.27. The lowest BCUT2D eigenvalue weighted by Crippen LogP contribution is -2.33. The molecule has 0 N–H and O–H groups in total. The first-order chi connectivity index (χ1) is 10.7. The lowest BCUT2D eigenvalue weighted by molar-refractivity contribution is 0.568. The number of pyridine rings is 1. The summed E-state index contributed by atoms with van der Waals surface area (Å²) in [6.07, 6.45) is 3.72. The molecule has 6 heteroatoms. The molecule has 0 unspecified atom stereocenters. The molecule has 0 spiro atoms. The second-order valence-electron chi connectivity index (χ2n) is 5.30. The Morgan fingerprint density at radius 3 is 3.00 bits per heavy atom. The Morgan fingerprint density at radius 1 is 1.23 bits per heavy atom. The van der Waals surface area contributed by atoms with E-state index in [-0.39, 0.29) is 0 Å². The molecule has 1 aliphatic rings. The fourth-order valence-electron chi connectivity index (χ4n) is 2.82. The van der Waals surface area contributed by atoms with Crippen LogP contribution in [0.3, 0.4) is 0 Å². The summed E-state index contributed by atoms with van der Waals surface area (Å²) in [6.45, 7) is 2.47. The predicted octanol–water partition coefficient (Wildman–Crippen LogP) is 2.98. The fraction of sp³-hybridized carbons (Fsp3) is 0.188. The van der Waals surface area contributed by atoms with Crippen LogP contribution in [0, 0.1) is 11.3 Å². The highest BCUT2D eigenvalue weighted by Gasteiger charge is 2.18. The van der Waals surface area contributed by atoms with Crippen molar-refractivity contribution < 1.29 is 0 Å². The fourth-order valence-corrected chi connectivity index (χ4v) is 2.99. The second kappa shape index (κ2) is 5.00. The molecule has 0 bridgehead atoms. The van der Waals surface area contributed by atoms with Gasteiger partial charge in [-0.1, -0.05) is 11.6 Å². The van der Waals surface area contributed by atoms with Crippen LogP contribution in [0.4, 0.5) is 5.82 Å². The summed E-state index contributed by atoms with van der Waals surface area (Å²) in [6, 6.07) is 9.53. The van der Waals surface area contributed by atoms with Crippen molar-refractivity contribution in [1.29, 1.82) is 5.26 Å². The summed E-state index contributed by atoms with van der Waals surface area (Å²) in [5.41, 5.74) is 2.54. The average Bonchev–Trinajstić information content (AvgIpc) is 3.01. The quantitative estimate of drug-likeness (QED) is 0.693. The second-order valence-corrected chi connectivity index (χ2v) is 5.74. The normalized spacial score (nSPS) is 13.9. The minimum atomic E-state index is 0.599. The van der Waals surface area contributed by atoms with Crippen molar-refractivity contribution in [2.45, 2.75) is 13.1 Å². The molecule has 0 radical (unpaired) electrons. The standard InChI is InChI=1S/C16H12ClN5/c17-12-1-2-15-14(6-12)11(7-18)5-16(20-15)21-3-4-22-10-19-8-13(22)9-21/h1-2,5-6,8,10H,3-4,9H2. The third-order valence-corrected chi connectivity index (χ3v) is 4.20. The smallest absolute Gasteiger partial charge is 0.130 e. The molecule has 0 amide bonds. The summed E-state index contributed by atoms with van der Waals surface area (Å²) in [7, 11) is 0. The van der Waals surface area contributed by atoms with Crippen LogP contribution < -0.4 is 4.90 Å². The van der Waals surface area contributed by atoms with Gasteiger partial charge in [0.2, 0.25) is 0 Å². The van der Waals surface area contributed by atoms with Gasteiger partial charge in [-0.25, -0.2) is 9.97 Å². The Bertz CT molecular complexity index is 909. The summed E-state index contributed by atoms with van der Waals surface area (Å²) in [5, 5.41) is 10.8. The van der Waals surface area contributed by atoms with Crippen LogP contribution in [-0.2, 0) is 13.1 Å². The summed E-state index contributed by atoms with van der Waals surface area (Å²) < 4.78 is 2.14. The van der Waals surface area contributed by atoms with Crippen molar-refractivity contribution in [1.82, 2.24) is 14.5 Å². The van der Waals surface area contributed by atoms with Gasteiger partial charge in [-0.05, 0) is 24.3 Å². The van der Waals surface area contributed by atoms with E-state index in [9.17, 15) is 5.26 Å². The van der Waals surface area contributed by atoms with E-state index in [4.69, 9.17) is 16.6 Å². The van der Waals surface area contributed by atoms with Gasteiger partial charge in [0.1, 0.15) is 5.82 Å². The van der Waals surface area contributed by atoms with Gasteiger partial charge < -0.3 is 9.47 Å². The summed E-state index contributed by atoms with van der Waals surface area (Å²) in [5.74, 6) is 0.818. The highest BCUT2D eigenvalue weighted by atomic mass is 35.5. The van der Waals surface area contributed by atoms with Gasteiger partial charge in [0.05, 0.1) is 35.7 Å². The van der Waals surface area contributed by atoms with Gasteiger partial charge in [0, 0.05) is 29.7 Å². The third kappa shape index (κ3) is 2.09. The van der Waals surface area contributed by atoms with E-state index in [1.807, 2.05) is 24.7 Å². The maximum absolute atomic E-state index is 9.42. The van der Waals surface area contributed by atoms with Crippen LogP contribution in [0.5, 0.6) is 0 Å². The Hall–Kier alpha value is -2.58. The number of halogens is 1. The third-order valence-electron chi connectivity index (χ3n) is 3.96. The Morgan fingerprint density at radius 2 is 2.14 bits per heavy atom. The van der Waals surface area contributed by atoms with Crippen LogP contribution >= 0.6 is 11.6 Å². The van der Waals surface area contributed by atoms with Crippen LogP contribution in [0.2, 0.25) is 5.02 Å². The zero-order valence-corrected chi connectivity index (χ0v) is 12.5.